The van der Waals surface area contributed by atoms with E-state index in [4.69, 9.17) is 9.84 Å². The topological polar surface area (TPSA) is 29.5 Å². The third kappa shape index (κ3) is 1.38. The molecular weight excluding hydrogens is 152 g/mol. The lowest BCUT2D eigenvalue weighted by Gasteiger charge is -2.53. The summed E-state index contributed by atoms with van der Waals surface area (Å²) >= 11 is 0. The van der Waals surface area contributed by atoms with Crippen molar-refractivity contribution in [1.82, 2.24) is 0 Å². The van der Waals surface area contributed by atoms with Gasteiger partial charge in [-0.15, -0.1) is 0 Å². The predicted molar refractivity (Wildman–Crippen MR) is 49.0 cm³/mol. The molecule has 1 aliphatic heterocycles. The second kappa shape index (κ2) is 3.35. The van der Waals surface area contributed by atoms with E-state index in [0.29, 0.717) is 11.8 Å². The van der Waals surface area contributed by atoms with Crippen LogP contribution in [-0.2, 0) is 4.74 Å². The molecule has 12 heavy (non-hydrogen) atoms. The second-order valence-corrected chi connectivity index (χ2v) is 4.39. The van der Waals surface area contributed by atoms with Crippen molar-refractivity contribution in [3.05, 3.63) is 0 Å². The summed E-state index contributed by atoms with van der Waals surface area (Å²) in [6.07, 6.45) is 1.11. The van der Waals surface area contributed by atoms with E-state index in [0.717, 1.165) is 6.42 Å². The molecule has 1 saturated heterocycles. The molecule has 1 fully saturated rings. The average molecular weight is 172 g/mol. The molecular formula is C10H20O2. The van der Waals surface area contributed by atoms with Crippen LogP contribution in [0.3, 0.4) is 0 Å². The molecule has 0 saturated carbocycles. The number of hydrogen-bond acceptors (Lipinski definition) is 2. The maximum Gasteiger partial charge on any atom is 0.0841 e. The highest BCUT2D eigenvalue weighted by Gasteiger charge is 2.49. The molecule has 0 spiro atoms. The molecule has 1 atom stereocenters. The third-order valence-corrected chi connectivity index (χ3v) is 3.09. The Labute approximate surface area is 74.9 Å². The summed E-state index contributed by atoms with van der Waals surface area (Å²) in [7, 11) is 0. The van der Waals surface area contributed by atoms with Crippen LogP contribution in [-0.4, -0.2) is 23.4 Å². The van der Waals surface area contributed by atoms with Gasteiger partial charge in [-0.3, -0.25) is 0 Å². The van der Waals surface area contributed by atoms with Crippen LogP contribution < -0.4 is 0 Å². The summed E-state index contributed by atoms with van der Waals surface area (Å²) in [5.41, 5.74) is 0.0351. The zero-order valence-electron chi connectivity index (χ0n) is 8.50. The fourth-order valence-electron chi connectivity index (χ4n) is 2.17. The molecule has 0 aromatic rings. The van der Waals surface area contributed by atoms with Crippen molar-refractivity contribution in [3.63, 3.8) is 0 Å². The molecule has 1 N–H and O–H groups in total. The Balaban J connectivity index is 2.56. The minimum absolute atomic E-state index is 0.0351. The SMILES string of the molecule is CC(C)C1(C(C)C)CC(CO)O1. The van der Waals surface area contributed by atoms with Crippen molar-refractivity contribution in [3.8, 4) is 0 Å². The van der Waals surface area contributed by atoms with Crippen molar-refractivity contribution in [2.24, 2.45) is 11.8 Å². The van der Waals surface area contributed by atoms with Gasteiger partial charge in [0.25, 0.3) is 0 Å². The first kappa shape index (κ1) is 10.0. The van der Waals surface area contributed by atoms with Gasteiger partial charge in [0.15, 0.2) is 0 Å². The minimum atomic E-state index is 0.0351. The van der Waals surface area contributed by atoms with Gasteiger partial charge in [0.05, 0.1) is 18.3 Å². The number of aliphatic hydroxyl groups excluding tert-OH is 1. The van der Waals surface area contributed by atoms with Crippen LogP contribution in [0, 0.1) is 11.8 Å². The maximum absolute atomic E-state index is 8.86. The Morgan fingerprint density at radius 2 is 1.75 bits per heavy atom. The van der Waals surface area contributed by atoms with E-state index < -0.39 is 0 Å². The fraction of sp³-hybridized carbons (Fsp3) is 1.00. The van der Waals surface area contributed by atoms with Crippen LogP contribution in [0.1, 0.15) is 34.1 Å². The van der Waals surface area contributed by atoms with Crippen LogP contribution in [0.5, 0.6) is 0 Å². The maximum atomic E-state index is 8.86. The van der Waals surface area contributed by atoms with Crippen LogP contribution in [0.2, 0.25) is 0 Å². The Bertz CT molecular complexity index is 136. The van der Waals surface area contributed by atoms with Crippen molar-refractivity contribution in [2.45, 2.75) is 45.8 Å². The molecule has 1 aliphatic rings. The van der Waals surface area contributed by atoms with Crippen LogP contribution in [0.25, 0.3) is 0 Å². The van der Waals surface area contributed by atoms with Crippen LogP contribution in [0.4, 0.5) is 0 Å². The Morgan fingerprint density at radius 3 is 2.00 bits per heavy atom. The molecule has 1 rings (SSSR count). The molecule has 1 unspecified atom stereocenters. The number of hydrogen-bond donors (Lipinski definition) is 1. The van der Waals surface area contributed by atoms with Crippen molar-refractivity contribution >= 4 is 0 Å². The van der Waals surface area contributed by atoms with Crippen LogP contribution in [0.15, 0.2) is 0 Å². The number of rotatable bonds is 3. The van der Waals surface area contributed by atoms with Crippen molar-refractivity contribution in [1.29, 1.82) is 0 Å². The quantitative estimate of drug-likeness (QED) is 0.703. The number of aliphatic hydroxyl groups is 1. The monoisotopic (exact) mass is 172 g/mol. The average Bonchev–Trinajstić information content (AvgIpc) is 1.83. The fourth-order valence-corrected chi connectivity index (χ4v) is 2.17. The first-order chi connectivity index (χ1) is 5.53. The highest BCUT2D eigenvalue weighted by Crippen LogP contribution is 2.44. The van der Waals surface area contributed by atoms with Gasteiger partial charge < -0.3 is 9.84 Å². The molecule has 0 aliphatic carbocycles. The lowest BCUT2D eigenvalue weighted by molar-refractivity contribution is -0.258. The molecule has 0 aromatic heterocycles. The first-order valence-electron chi connectivity index (χ1n) is 4.81. The molecule has 0 amide bonds. The van der Waals surface area contributed by atoms with Crippen molar-refractivity contribution < 1.29 is 9.84 Å². The molecule has 2 nitrogen and oxygen atoms in total. The third-order valence-electron chi connectivity index (χ3n) is 3.09. The van der Waals surface area contributed by atoms with E-state index in [-0.39, 0.29) is 18.3 Å². The lowest BCUT2D eigenvalue weighted by Crippen LogP contribution is -2.58. The zero-order chi connectivity index (χ0) is 9.35. The van der Waals surface area contributed by atoms with Gasteiger partial charge in [-0.25, -0.2) is 0 Å². The van der Waals surface area contributed by atoms with Gasteiger partial charge in [-0.2, -0.15) is 0 Å². The summed E-state index contributed by atoms with van der Waals surface area (Å²) < 4.78 is 5.75. The van der Waals surface area contributed by atoms with E-state index in [1.807, 2.05) is 0 Å². The molecule has 0 bridgehead atoms. The lowest BCUT2D eigenvalue weighted by atomic mass is 9.72. The van der Waals surface area contributed by atoms with Gasteiger partial charge in [-0.1, -0.05) is 27.7 Å². The van der Waals surface area contributed by atoms with E-state index in [1.165, 1.54) is 0 Å². The van der Waals surface area contributed by atoms with Crippen molar-refractivity contribution in [2.75, 3.05) is 6.61 Å². The first-order valence-corrected chi connectivity index (χ1v) is 4.81. The molecule has 72 valence electrons. The van der Waals surface area contributed by atoms with Crippen LogP contribution >= 0.6 is 0 Å². The highest BCUT2D eigenvalue weighted by atomic mass is 16.5. The largest absolute Gasteiger partial charge is 0.394 e. The normalized spacial score (nSPS) is 27.8. The van der Waals surface area contributed by atoms with E-state index in [9.17, 15) is 0 Å². The standard InChI is InChI=1S/C10H20O2/c1-7(2)10(8(3)4)5-9(6-11)12-10/h7-9,11H,5-6H2,1-4H3. The van der Waals surface area contributed by atoms with Gasteiger partial charge in [0, 0.05) is 6.42 Å². The summed E-state index contributed by atoms with van der Waals surface area (Å²) in [4.78, 5) is 0. The Kier molecular flexibility index (Phi) is 2.79. The Hall–Kier alpha value is -0.0800. The smallest absolute Gasteiger partial charge is 0.0841 e. The van der Waals surface area contributed by atoms with E-state index in [2.05, 4.69) is 27.7 Å². The van der Waals surface area contributed by atoms with Gasteiger partial charge in [-0.05, 0) is 11.8 Å². The van der Waals surface area contributed by atoms with E-state index >= 15 is 0 Å². The van der Waals surface area contributed by atoms with Gasteiger partial charge >= 0.3 is 0 Å². The minimum Gasteiger partial charge on any atom is -0.394 e. The predicted octanol–water partition coefficient (Wildman–Crippen LogP) is 1.82. The molecule has 2 heteroatoms. The van der Waals surface area contributed by atoms with Gasteiger partial charge in [0.2, 0.25) is 0 Å². The number of ether oxygens (including phenoxy) is 1. The summed E-state index contributed by atoms with van der Waals surface area (Å²) in [5, 5.41) is 8.86. The molecule has 0 aromatic carbocycles. The summed E-state index contributed by atoms with van der Waals surface area (Å²) in [5.74, 6) is 1.08. The zero-order valence-corrected chi connectivity index (χ0v) is 8.50. The molecule has 1 heterocycles. The van der Waals surface area contributed by atoms with Gasteiger partial charge in [0.1, 0.15) is 0 Å². The second-order valence-electron chi connectivity index (χ2n) is 4.39. The van der Waals surface area contributed by atoms with E-state index in [1.54, 1.807) is 0 Å². The highest BCUT2D eigenvalue weighted by molar-refractivity contribution is 4.97. The summed E-state index contributed by atoms with van der Waals surface area (Å²) in [6, 6.07) is 0. The Morgan fingerprint density at radius 1 is 1.33 bits per heavy atom. The molecule has 0 radical (unpaired) electrons. The summed E-state index contributed by atoms with van der Waals surface area (Å²) in [6.45, 7) is 8.92.